The van der Waals surface area contributed by atoms with Crippen molar-refractivity contribution in [1.29, 1.82) is 0 Å². The first-order valence-electron chi connectivity index (χ1n) is 12.4. The number of rotatable bonds is 9. The zero-order valence-electron chi connectivity index (χ0n) is 21.9. The Morgan fingerprint density at radius 2 is 1.18 bits per heavy atom. The first kappa shape index (κ1) is 27.4. The molecule has 0 unspecified atom stereocenters. The molecule has 3 nitrogen and oxygen atoms in total. The van der Waals surface area contributed by atoms with E-state index >= 15 is 0 Å². The Morgan fingerprint density at radius 1 is 0.737 bits per heavy atom. The number of hydrogen-bond acceptors (Lipinski definition) is 3. The molecule has 196 valence electrons. The fourth-order valence-corrected chi connectivity index (χ4v) is 6.05. The Labute approximate surface area is 225 Å². The van der Waals surface area contributed by atoms with Crippen LogP contribution in [0.25, 0.3) is 0 Å². The van der Waals surface area contributed by atoms with Gasteiger partial charge in [-0.1, -0.05) is 38.1 Å². The quantitative estimate of drug-likeness (QED) is 0.161. The van der Waals surface area contributed by atoms with Crippen LogP contribution in [-0.2, 0) is 26.0 Å². The van der Waals surface area contributed by atoms with Crippen LogP contribution >= 0.6 is 0 Å². The molecule has 0 N–H and O–H groups in total. The number of esters is 1. The van der Waals surface area contributed by atoms with E-state index in [0.29, 0.717) is 11.7 Å². The molecule has 0 saturated heterocycles. The van der Waals surface area contributed by atoms with Crippen LogP contribution in [-0.4, -0.2) is 12.6 Å². The Kier molecular flexibility index (Phi) is 8.52. The number of carbonyl (C=O) groups is 1. The van der Waals surface area contributed by atoms with E-state index in [4.69, 9.17) is 9.47 Å². The summed E-state index contributed by atoms with van der Waals surface area (Å²) in [5, 5.41) is 0. The van der Waals surface area contributed by atoms with Gasteiger partial charge in [0.05, 0.1) is 10.9 Å². The van der Waals surface area contributed by atoms with E-state index in [1.54, 1.807) is 36.4 Å². The molecule has 0 spiro atoms. The molecule has 0 heterocycles. The van der Waals surface area contributed by atoms with Crippen molar-refractivity contribution in [2.45, 2.75) is 53.9 Å². The molecule has 0 atom stereocenters. The fraction of sp³-hybridized carbons (Fsp3) is 0.219. The van der Waals surface area contributed by atoms with E-state index in [1.807, 2.05) is 38.1 Å². The predicted octanol–water partition coefficient (Wildman–Crippen LogP) is 8.04. The second-order valence-corrected chi connectivity index (χ2v) is 11.8. The maximum Gasteiger partial charge on any atom is 0.345 e. The summed E-state index contributed by atoms with van der Waals surface area (Å²) in [5.41, 5.74) is 1.34. The first-order valence-corrected chi connectivity index (χ1v) is 13.7. The van der Waals surface area contributed by atoms with Gasteiger partial charge in [0, 0.05) is 0 Å². The summed E-state index contributed by atoms with van der Waals surface area (Å²) in [4.78, 5) is 15.3. The number of benzene rings is 4. The highest BCUT2D eigenvalue weighted by Crippen LogP contribution is 2.32. The summed E-state index contributed by atoms with van der Waals surface area (Å²) in [6.07, 6.45) is 0. The van der Waals surface area contributed by atoms with Gasteiger partial charge in [-0.15, -0.1) is 0 Å². The Bertz CT molecular complexity index is 1300. The van der Waals surface area contributed by atoms with Gasteiger partial charge in [0.2, 0.25) is 0 Å². The Balaban J connectivity index is 1.43. The van der Waals surface area contributed by atoms with Crippen LogP contribution < -0.4 is 4.74 Å². The molecule has 0 aliphatic rings. The smallest absolute Gasteiger partial charge is 0.345 e. The van der Waals surface area contributed by atoms with Crippen molar-refractivity contribution in [3.8, 4) is 5.75 Å². The van der Waals surface area contributed by atoms with E-state index < -0.39 is 22.5 Å². The van der Waals surface area contributed by atoms with Crippen LogP contribution in [0, 0.1) is 11.6 Å². The Morgan fingerprint density at radius 3 is 1.63 bits per heavy atom. The third-order valence-corrected chi connectivity index (χ3v) is 8.39. The maximum atomic E-state index is 13.6. The van der Waals surface area contributed by atoms with E-state index in [2.05, 4.69) is 26.0 Å². The third-order valence-electron chi connectivity index (χ3n) is 6.16. The molecule has 4 aromatic rings. The summed E-state index contributed by atoms with van der Waals surface area (Å²) in [5.74, 6) is -0.154. The van der Waals surface area contributed by atoms with Crippen molar-refractivity contribution in [3.63, 3.8) is 0 Å². The molecule has 0 amide bonds. The lowest BCUT2D eigenvalue weighted by atomic mass is 9.94. The highest BCUT2D eigenvalue weighted by atomic mass is 32.2. The summed E-state index contributed by atoms with van der Waals surface area (Å²) >= 11 is 0. The van der Waals surface area contributed by atoms with Crippen LogP contribution in [0.5, 0.6) is 5.75 Å². The molecule has 0 aromatic heterocycles. The van der Waals surface area contributed by atoms with Gasteiger partial charge in [-0.2, -0.15) is 0 Å². The lowest BCUT2D eigenvalue weighted by Crippen LogP contribution is -2.28. The minimum atomic E-state index is -0.793. The zero-order chi connectivity index (χ0) is 27.3. The van der Waals surface area contributed by atoms with Crippen molar-refractivity contribution >= 4 is 16.9 Å². The lowest BCUT2D eigenvalue weighted by Gasteiger charge is -2.26. The second kappa shape index (κ2) is 11.8. The third kappa shape index (κ3) is 6.81. The minimum Gasteiger partial charge on any atom is -0.482 e. The van der Waals surface area contributed by atoms with Crippen LogP contribution in [0.4, 0.5) is 8.78 Å². The molecule has 4 rings (SSSR count). The summed E-state index contributed by atoms with van der Waals surface area (Å²) in [7, 11) is -0.572. The van der Waals surface area contributed by atoms with Crippen molar-refractivity contribution in [2.75, 3.05) is 6.61 Å². The van der Waals surface area contributed by atoms with Gasteiger partial charge in [-0.3, -0.25) is 0 Å². The van der Waals surface area contributed by atoms with Gasteiger partial charge < -0.3 is 9.47 Å². The van der Waals surface area contributed by atoms with Crippen LogP contribution in [0.1, 0.15) is 44.7 Å². The average Bonchev–Trinajstić information content (AvgIpc) is 2.90. The van der Waals surface area contributed by atoms with E-state index in [9.17, 15) is 13.6 Å². The number of carbonyl (C=O) groups excluding carboxylic acids is 1. The van der Waals surface area contributed by atoms with Gasteiger partial charge in [0.15, 0.2) is 21.3 Å². The molecular weight excluding hydrogens is 502 g/mol. The SMILES string of the molecule is CC(C)c1ccc(C(C)(C)OC(=O)COc2ccc([S+](c3ccc(F)cc3)c3ccc(F)cc3)cc2)cc1. The molecule has 0 saturated carbocycles. The summed E-state index contributed by atoms with van der Waals surface area (Å²) in [6, 6.07) is 28.1. The molecule has 0 radical (unpaired) electrons. The average molecular weight is 534 g/mol. The maximum absolute atomic E-state index is 13.6. The van der Waals surface area contributed by atoms with E-state index in [-0.39, 0.29) is 18.2 Å². The van der Waals surface area contributed by atoms with Gasteiger partial charge in [0.1, 0.15) is 23.0 Å². The molecule has 0 fully saturated rings. The second-order valence-electron chi connectivity index (χ2n) is 9.74. The number of hydrogen-bond donors (Lipinski definition) is 0. The molecule has 4 aromatic carbocycles. The van der Waals surface area contributed by atoms with Crippen LogP contribution in [0.2, 0.25) is 0 Å². The van der Waals surface area contributed by atoms with E-state index in [0.717, 1.165) is 20.2 Å². The normalized spacial score (nSPS) is 11.6. The zero-order valence-corrected chi connectivity index (χ0v) is 22.7. The van der Waals surface area contributed by atoms with Gasteiger partial charge >= 0.3 is 5.97 Å². The topological polar surface area (TPSA) is 35.5 Å². The Hall–Kier alpha value is -3.64. The van der Waals surface area contributed by atoms with Crippen molar-refractivity contribution in [3.05, 3.63) is 120 Å². The monoisotopic (exact) mass is 533 g/mol. The van der Waals surface area contributed by atoms with Crippen molar-refractivity contribution in [2.24, 2.45) is 0 Å². The molecule has 0 aliphatic carbocycles. The number of halogens is 2. The van der Waals surface area contributed by atoms with Gasteiger partial charge in [-0.05, 0) is 104 Å². The molecule has 6 heteroatoms. The van der Waals surface area contributed by atoms with Crippen LogP contribution in [0.15, 0.2) is 112 Å². The molecule has 0 aliphatic heterocycles. The highest BCUT2D eigenvalue weighted by molar-refractivity contribution is 7.97. The summed E-state index contributed by atoms with van der Waals surface area (Å²) < 4.78 is 38.5. The fourth-order valence-electron chi connectivity index (χ4n) is 4.01. The lowest BCUT2D eigenvalue weighted by molar-refractivity contribution is -0.159. The van der Waals surface area contributed by atoms with E-state index in [1.165, 1.54) is 29.8 Å². The summed E-state index contributed by atoms with van der Waals surface area (Å²) in [6.45, 7) is 7.76. The molecule has 38 heavy (non-hydrogen) atoms. The van der Waals surface area contributed by atoms with Crippen molar-refractivity contribution in [1.82, 2.24) is 0 Å². The minimum absolute atomic E-state index is 0.228. The highest BCUT2D eigenvalue weighted by Gasteiger charge is 2.29. The van der Waals surface area contributed by atoms with Gasteiger partial charge in [0.25, 0.3) is 0 Å². The molecular formula is C32H31F2O3S+. The number of ether oxygens (including phenoxy) is 2. The largest absolute Gasteiger partial charge is 0.482 e. The van der Waals surface area contributed by atoms with Crippen molar-refractivity contribution < 1.29 is 23.0 Å². The first-order chi connectivity index (χ1) is 18.1. The standard InChI is InChI=1S/C32H31F2O3S/c1-22(2)23-5-7-24(8-6-23)32(3,4)37-31(35)21-36-27-13-19-30(20-14-27)38(28-15-9-25(33)10-16-28)29-17-11-26(34)12-18-29/h5-20,22H,21H2,1-4H3/q+1. The van der Waals surface area contributed by atoms with Gasteiger partial charge in [-0.25, -0.2) is 13.6 Å². The predicted molar refractivity (Wildman–Crippen MR) is 147 cm³/mol. The van der Waals surface area contributed by atoms with Crippen LogP contribution in [0.3, 0.4) is 0 Å². The molecule has 0 bridgehead atoms.